The fraction of sp³-hybridized carbons (Fsp3) is 0.417. The van der Waals surface area contributed by atoms with E-state index < -0.39 is 6.36 Å². The zero-order valence-electron chi connectivity index (χ0n) is 10.5. The van der Waals surface area contributed by atoms with Crippen molar-refractivity contribution in [2.45, 2.75) is 13.3 Å². The predicted molar refractivity (Wildman–Crippen MR) is 64.8 cm³/mol. The number of anilines is 1. The highest BCUT2D eigenvalue weighted by atomic mass is 19.4. The Bertz CT molecular complexity index is 418. The molecule has 4 nitrogen and oxygen atoms in total. The van der Waals surface area contributed by atoms with Crippen molar-refractivity contribution >= 4 is 11.6 Å². The van der Waals surface area contributed by atoms with Crippen molar-refractivity contribution in [3.05, 3.63) is 24.3 Å². The highest BCUT2D eigenvalue weighted by Crippen LogP contribution is 2.24. The Morgan fingerprint density at radius 2 is 1.89 bits per heavy atom. The van der Waals surface area contributed by atoms with Crippen LogP contribution in [0.15, 0.2) is 24.3 Å². The fourth-order valence-corrected chi connectivity index (χ4v) is 1.40. The number of carbonyl (C=O) groups is 1. The van der Waals surface area contributed by atoms with Crippen LogP contribution in [0.1, 0.15) is 6.92 Å². The van der Waals surface area contributed by atoms with Crippen LogP contribution in [-0.4, -0.2) is 25.9 Å². The van der Waals surface area contributed by atoms with E-state index >= 15 is 0 Å². The molecular weight excluding hydrogens is 261 g/mol. The van der Waals surface area contributed by atoms with Gasteiger partial charge in [0.1, 0.15) is 5.75 Å². The molecule has 1 rings (SSSR count). The van der Waals surface area contributed by atoms with E-state index in [0.29, 0.717) is 12.2 Å². The Morgan fingerprint density at radius 1 is 1.32 bits per heavy atom. The first kappa shape index (κ1) is 15.3. The summed E-state index contributed by atoms with van der Waals surface area (Å²) in [5, 5.41) is 5.46. The van der Waals surface area contributed by atoms with Gasteiger partial charge in [-0.05, 0) is 31.3 Å². The lowest BCUT2D eigenvalue weighted by Gasteiger charge is -2.12. The second-order valence-corrected chi connectivity index (χ2v) is 4.02. The van der Waals surface area contributed by atoms with E-state index in [1.807, 2.05) is 0 Å². The van der Waals surface area contributed by atoms with E-state index in [4.69, 9.17) is 0 Å². The van der Waals surface area contributed by atoms with Crippen molar-refractivity contribution in [3.63, 3.8) is 0 Å². The van der Waals surface area contributed by atoms with Gasteiger partial charge in [-0.15, -0.1) is 13.2 Å². The molecule has 1 amide bonds. The van der Waals surface area contributed by atoms with Gasteiger partial charge in [-0.2, -0.15) is 0 Å². The van der Waals surface area contributed by atoms with Gasteiger partial charge in [-0.25, -0.2) is 0 Å². The molecule has 2 N–H and O–H groups in total. The molecule has 0 saturated heterocycles. The topological polar surface area (TPSA) is 50.4 Å². The van der Waals surface area contributed by atoms with Gasteiger partial charge in [-0.1, -0.05) is 6.92 Å². The molecule has 1 aromatic rings. The van der Waals surface area contributed by atoms with Crippen molar-refractivity contribution in [2.75, 3.05) is 18.9 Å². The van der Waals surface area contributed by atoms with Crippen LogP contribution in [0, 0.1) is 5.92 Å². The van der Waals surface area contributed by atoms with Crippen LogP contribution in [0.2, 0.25) is 0 Å². The normalized spacial score (nSPS) is 12.9. The molecule has 1 atom stereocenters. The van der Waals surface area contributed by atoms with Gasteiger partial charge in [-0.3, -0.25) is 4.79 Å². The van der Waals surface area contributed by atoms with Crippen molar-refractivity contribution in [3.8, 4) is 5.75 Å². The minimum absolute atomic E-state index is 0.209. The molecule has 0 spiro atoms. The van der Waals surface area contributed by atoms with Crippen LogP contribution in [0.4, 0.5) is 18.9 Å². The molecule has 1 unspecified atom stereocenters. The third-order valence-electron chi connectivity index (χ3n) is 2.31. The van der Waals surface area contributed by atoms with Gasteiger partial charge >= 0.3 is 6.36 Å². The van der Waals surface area contributed by atoms with Crippen LogP contribution in [0.3, 0.4) is 0 Å². The van der Waals surface area contributed by atoms with E-state index in [1.54, 1.807) is 14.0 Å². The summed E-state index contributed by atoms with van der Waals surface area (Å²) in [6.45, 7) is 2.26. The lowest BCUT2D eigenvalue weighted by atomic mass is 10.1. The minimum atomic E-state index is -4.72. The van der Waals surface area contributed by atoms with Crippen molar-refractivity contribution in [2.24, 2.45) is 5.92 Å². The quantitative estimate of drug-likeness (QED) is 0.868. The van der Waals surface area contributed by atoms with Crippen molar-refractivity contribution in [1.29, 1.82) is 0 Å². The first-order chi connectivity index (χ1) is 8.81. The Hall–Kier alpha value is -1.76. The second-order valence-electron chi connectivity index (χ2n) is 4.02. The summed E-state index contributed by atoms with van der Waals surface area (Å²) in [7, 11) is 1.73. The van der Waals surface area contributed by atoms with Gasteiger partial charge in [0.05, 0.1) is 0 Å². The molecule has 0 fully saturated rings. The van der Waals surface area contributed by atoms with Gasteiger partial charge < -0.3 is 15.4 Å². The first-order valence-electron chi connectivity index (χ1n) is 5.63. The van der Waals surface area contributed by atoms with Crippen LogP contribution < -0.4 is 15.4 Å². The summed E-state index contributed by atoms with van der Waals surface area (Å²) in [4.78, 5) is 11.7. The second kappa shape index (κ2) is 6.42. The highest BCUT2D eigenvalue weighted by molar-refractivity contribution is 5.92. The molecular formula is C12H15F3N2O2. The van der Waals surface area contributed by atoms with E-state index in [-0.39, 0.29) is 17.6 Å². The number of hydrogen-bond donors (Lipinski definition) is 2. The van der Waals surface area contributed by atoms with Gasteiger partial charge in [0.25, 0.3) is 0 Å². The summed E-state index contributed by atoms with van der Waals surface area (Å²) in [5.41, 5.74) is 0.419. The molecule has 0 aliphatic rings. The number of rotatable bonds is 5. The molecule has 0 aliphatic carbocycles. The van der Waals surface area contributed by atoms with Crippen LogP contribution in [-0.2, 0) is 4.79 Å². The average Bonchev–Trinajstić information content (AvgIpc) is 2.30. The zero-order valence-corrected chi connectivity index (χ0v) is 10.5. The molecule has 106 valence electrons. The van der Waals surface area contributed by atoms with Gasteiger partial charge in [0.2, 0.25) is 5.91 Å². The largest absolute Gasteiger partial charge is 0.573 e. The number of benzene rings is 1. The number of carbonyl (C=O) groups excluding carboxylic acids is 1. The molecule has 0 heterocycles. The number of nitrogens with one attached hydrogen (secondary N) is 2. The maximum atomic E-state index is 11.9. The van der Waals surface area contributed by atoms with E-state index in [0.717, 1.165) is 12.1 Å². The summed E-state index contributed by atoms with van der Waals surface area (Å²) in [6, 6.07) is 4.99. The van der Waals surface area contributed by atoms with Crippen LogP contribution in [0.25, 0.3) is 0 Å². The van der Waals surface area contributed by atoms with E-state index in [2.05, 4.69) is 15.4 Å². The Morgan fingerprint density at radius 3 is 2.37 bits per heavy atom. The highest BCUT2D eigenvalue weighted by Gasteiger charge is 2.30. The monoisotopic (exact) mass is 276 g/mol. The number of hydrogen-bond acceptors (Lipinski definition) is 3. The summed E-state index contributed by atoms with van der Waals surface area (Å²) in [6.07, 6.45) is -4.72. The van der Waals surface area contributed by atoms with Crippen LogP contribution >= 0.6 is 0 Å². The lowest BCUT2D eigenvalue weighted by Crippen LogP contribution is -2.28. The minimum Gasteiger partial charge on any atom is -0.406 e. The third kappa shape index (κ3) is 5.60. The Labute approximate surface area is 108 Å². The lowest BCUT2D eigenvalue weighted by molar-refractivity contribution is -0.274. The number of halogens is 3. The van der Waals surface area contributed by atoms with E-state index in [9.17, 15) is 18.0 Å². The average molecular weight is 276 g/mol. The molecule has 1 aromatic carbocycles. The SMILES string of the molecule is CNCC(C)C(=O)Nc1ccc(OC(F)(F)F)cc1. The molecule has 19 heavy (non-hydrogen) atoms. The van der Waals surface area contributed by atoms with Crippen molar-refractivity contribution < 1.29 is 22.7 Å². The predicted octanol–water partition coefficient (Wildman–Crippen LogP) is 2.38. The molecule has 7 heteroatoms. The zero-order chi connectivity index (χ0) is 14.5. The van der Waals surface area contributed by atoms with Crippen molar-refractivity contribution in [1.82, 2.24) is 5.32 Å². The van der Waals surface area contributed by atoms with Gasteiger partial charge in [0.15, 0.2) is 0 Å². The van der Waals surface area contributed by atoms with E-state index in [1.165, 1.54) is 12.1 Å². The number of alkyl halides is 3. The molecule has 0 saturated carbocycles. The maximum Gasteiger partial charge on any atom is 0.573 e. The molecule has 0 aromatic heterocycles. The molecule has 0 aliphatic heterocycles. The number of ether oxygens (including phenoxy) is 1. The summed E-state index contributed by atoms with van der Waals surface area (Å²) < 4.78 is 39.6. The fourth-order valence-electron chi connectivity index (χ4n) is 1.40. The standard InChI is InChI=1S/C12H15F3N2O2/c1-8(7-16-2)11(18)17-9-3-5-10(6-4-9)19-12(13,14)15/h3-6,8,16H,7H2,1-2H3,(H,17,18). The van der Waals surface area contributed by atoms with Gasteiger partial charge in [0, 0.05) is 18.2 Å². The first-order valence-corrected chi connectivity index (χ1v) is 5.63. The third-order valence-corrected chi connectivity index (χ3v) is 2.31. The maximum absolute atomic E-state index is 11.9. The Balaban J connectivity index is 2.59. The molecule has 0 radical (unpaired) electrons. The smallest absolute Gasteiger partial charge is 0.406 e. The summed E-state index contributed by atoms with van der Waals surface area (Å²) >= 11 is 0. The summed E-state index contributed by atoms with van der Waals surface area (Å²) in [5.74, 6) is -0.774. The van der Waals surface area contributed by atoms with Crippen LogP contribution in [0.5, 0.6) is 5.75 Å². The Kier molecular flexibility index (Phi) is 5.17. The number of amides is 1. The molecule has 0 bridgehead atoms.